The number of benzene rings is 2. The first-order chi connectivity index (χ1) is 10.0. The molecule has 0 heterocycles. The van der Waals surface area contributed by atoms with E-state index in [1.165, 1.54) is 19.2 Å². The average Bonchev–Trinajstić information content (AvgIpc) is 2.48. The standard InChI is InChI=1S/C16H17ClFNO2/c1-10(11-3-5-14(18)6-4-11)19-9-12-7-13(17)8-15(21-2)16(12)20/h3-8,10,19-20H,9H2,1-2H3. The predicted octanol–water partition coefficient (Wildman–Crippen LogP) is 4.04. The summed E-state index contributed by atoms with van der Waals surface area (Å²) < 4.78 is 18.0. The number of nitrogens with one attached hydrogen (secondary N) is 1. The summed E-state index contributed by atoms with van der Waals surface area (Å²) in [6, 6.07) is 9.56. The minimum Gasteiger partial charge on any atom is -0.504 e. The van der Waals surface area contributed by atoms with Crippen LogP contribution < -0.4 is 10.1 Å². The molecule has 5 heteroatoms. The third kappa shape index (κ3) is 3.86. The SMILES string of the molecule is COc1cc(Cl)cc(CNC(C)c2ccc(F)cc2)c1O. The number of hydrogen-bond donors (Lipinski definition) is 2. The molecule has 0 saturated heterocycles. The van der Waals surface area contributed by atoms with Crippen molar-refractivity contribution in [3.63, 3.8) is 0 Å². The quantitative estimate of drug-likeness (QED) is 0.875. The van der Waals surface area contributed by atoms with E-state index in [2.05, 4.69) is 5.32 Å². The molecular formula is C16H17ClFNO2. The summed E-state index contributed by atoms with van der Waals surface area (Å²) in [6.07, 6.45) is 0. The van der Waals surface area contributed by atoms with Gasteiger partial charge in [0.15, 0.2) is 11.5 Å². The van der Waals surface area contributed by atoms with Crippen molar-refractivity contribution in [1.82, 2.24) is 5.32 Å². The van der Waals surface area contributed by atoms with Crippen molar-refractivity contribution in [1.29, 1.82) is 0 Å². The zero-order valence-corrected chi connectivity index (χ0v) is 12.6. The molecule has 0 fully saturated rings. The summed E-state index contributed by atoms with van der Waals surface area (Å²) >= 11 is 5.99. The smallest absolute Gasteiger partial charge is 0.162 e. The fraction of sp³-hybridized carbons (Fsp3) is 0.250. The normalized spacial score (nSPS) is 12.2. The van der Waals surface area contributed by atoms with E-state index >= 15 is 0 Å². The van der Waals surface area contributed by atoms with E-state index in [9.17, 15) is 9.50 Å². The highest BCUT2D eigenvalue weighted by Gasteiger charge is 2.12. The molecule has 0 spiro atoms. The Morgan fingerprint density at radius 3 is 2.57 bits per heavy atom. The maximum Gasteiger partial charge on any atom is 0.162 e. The summed E-state index contributed by atoms with van der Waals surface area (Å²) in [5, 5.41) is 13.8. The van der Waals surface area contributed by atoms with Gasteiger partial charge < -0.3 is 15.2 Å². The summed E-state index contributed by atoms with van der Waals surface area (Å²) in [7, 11) is 1.48. The number of halogens is 2. The molecule has 1 atom stereocenters. The molecule has 2 N–H and O–H groups in total. The van der Waals surface area contributed by atoms with Crippen molar-refractivity contribution in [2.45, 2.75) is 19.5 Å². The number of ether oxygens (including phenoxy) is 1. The van der Waals surface area contributed by atoms with E-state index in [4.69, 9.17) is 16.3 Å². The Morgan fingerprint density at radius 1 is 1.29 bits per heavy atom. The molecule has 2 rings (SSSR count). The number of rotatable bonds is 5. The van der Waals surface area contributed by atoms with Crippen LogP contribution in [0.1, 0.15) is 24.1 Å². The Balaban J connectivity index is 2.09. The predicted molar refractivity (Wildman–Crippen MR) is 81.3 cm³/mol. The van der Waals surface area contributed by atoms with Gasteiger partial charge in [0.05, 0.1) is 7.11 Å². The Bertz CT molecular complexity index is 616. The molecule has 0 aliphatic heterocycles. The molecule has 0 aromatic heterocycles. The van der Waals surface area contributed by atoms with Crippen LogP contribution in [0, 0.1) is 5.82 Å². The van der Waals surface area contributed by atoms with Crippen LogP contribution >= 0.6 is 11.6 Å². The molecule has 3 nitrogen and oxygen atoms in total. The number of methoxy groups -OCH3 is 1. The zero-order valence-electron chi connectivity index (χ0n) is 11.9. The van der Waals surface area contributed by atoms with Crippen LogP contribution in [0.2, 0.25) is 5.02 Å². The molecule has 112 valence electrons. The largest absolute Gasteiger partial charge is 0.504 e. The third-order valence-corrected chi connectivity index (χ3v) is 3.53. The molecule has 21 heavy (non-hydrogen) atoms. The monoisotopic (exact) mass is 309 g/mol. The summed E-state index contributed by atoms with van der Waals surface area (Å²) in [5.74, 6) is 0.151. The Hall–Kier alpha value is -1.78. The number of hydrogen-bond acceptors (Lipinski definition) is 3. The lowest BCUT2D eigenvalue weighted by atomic mass is 10.1. The van der Waals surface area contributed by atoms with E-state index in [-0.39, 0.29) is 17.6 Å². The first kappa shape index (κ1) is 15.6. The third-order valence-electron chi connectivity index (χ3n) is 3.31. The second kappa shape index (κ2) is 6.78. The van der Waals surface area contributed by atoms with Crippen LogP contribution in [0.5, 0.6) is 11.5 Å². The van der Waals surface area contributed by atoms with Gasteiger partial charge in [-0.1, -0.05) is 23.7 Å². The van der Waals surface area contributed by atoms with Gasteiger partial charge in [-0.2, -0.15) is 0 Å². The second-order valence-electron chi connectivity index (χ2n) is 4.77. The highest BCUT2D eigenvalue weighted by atomic mass is 35.5. The van der Waals surface area contributed by atoms with Gasteiger partial charge in [0.25, 0.3) is 0 Å². The van der Waals surface area contributed by atoms with Gasteiger partial charge in [-0.15, -0.1) is 0 Å². The van der Waals surface area contributed by atoms with Crippen molar-refractivity contribution in [2.75, 3.05) is 7.11 Å². The maximum atomic E-state index is 12.9. The molecule has 0 radical (unpaired) electrons. The van der Waals surface area contributed by atoms with Crippen molar-refractivity contribution in [3.05, 3.63) is 58.4 Å². The molecule has 0 aliphatic carbocycles. The fourth-order valence-electron chi connectivity index (χ4n) is 2.05. The van der Waals surface area contributed by atoms with Crippen molar-refractivity contribution in [3.8, 4) is 11.5 Å². The molecular weight excluding hydrogens is 293 g/mol. The topological polar surface area (TPSA) is 41.5 Å². The summed E-state index contributed by atoms with van der Waals surface area (Å²) in [4.78, 5) is 0. The molecule has 0 saturated carbocycles. The molecule has 0 aliphatic rings. The van der Waals surface area contributed by atoms with Crippen LogP contribution in [0.25, 0.3) is 0 Å². The van der Waals surface area contributed by atoms with Crippen molar-refractivity contribution >= 4 is 11.6 Å². The van der Waals surface area contributed by atoms with E-state index in [1.54, 1.807) is 24.3 Å². The van der Waals surface area contributed by atoms with E-state index in [0.29, 0.717) is 22.9 Å². The van der Waals surface area contributed by atoms with Crippen LogP contribution in [0.15, 0.2) is 36.4 Å². The number of aromatic hydroxyl groups is 1. The Kier molecular flexibility index (Phi) is 5.04. The van der Waals surface area contributed by atoms with Gasteiger partial charge in [0.2, 0.25) is 0 Å². The molecule has 0 bridgehead atoms. The molecule has 1 unspecified atom stereocenters. The Labute approximate surface area is 128 Å². The lowest BCUT2D eigenvalue weighted by molar-refractivity contribution is 0.369. The first-order valence-electron chi connectivity index (χ1n) is 6.55. The van der Waals surface area contributed by atoms with Crippen LogP contribution in [0.4, 0.5) is 4.39 Å². The van der Waals surface area contributed by atoms with E-state index in [1.807, 2.05) is 6.92 Å². The summed E-state index contributed by atoms with van der Waals surface area (Å²) in [5.41, 5.74) is 1.61. The van der Waals surface area contributed by atoms with Crippen LogP contribution in [0.3, 0.4) is 0 Å². The lowest BCUT2D eigenvalue weighted by Gasteiger charge is -2.16. The van der Waals surface area contributed by atoms with Crippen molar-refractivity contribution in [2.24, 2.45) is 0 Å². The zero-order chi connectivity index (χ0) is 15.4. The van der Waals surface area contributed by atoms with Gasteiger partial charge in [0, 0.05) is 29.2 Å². The highest BCUT2D eigenvalue weighted by molar-refractivity contribution is 6.30. The van der Waals surface area contributed by atoms with Crippen LogP contribution in [-0.4, -0.2) is 12.2 Å². The average molecular weight is 310 g/mol. The second-order valence-corrected chi connectivity index (χ2v) is 5.21. The minimum atomic E-state index is -0.261. The van der Waals surface area contributed by atoms with Gasteiger partial charge in [-0.3, -0.25) is 0 Å². The van der Waals surface area contributed by atoms with Crippen molar-refractivity contribution < 1.29 is 14.2 Å². The first-order valence-corrected chi connectivity index (χ1v) is 6.93. The number of phenolic OH excluding ortho intramolecular Hbond substituents is 1. The van der Waals surface area contributed by atoms with Gasteiger partial charge in [-0.25, -0.2) is 4.39 Å². The Morgan fingerprint density at radius 2 is 1.95 bits per heavy atom. The fourth-order valence-corrected chi connectivity index (χ4v) is 2.28. The lowest BCUT2D eigenvalue weighted by Crippen LogP contribution is -2.18. The maximum absolute atomic E-state index is 12.9. The molecule has 2 aromatic carbocycles. The minimum absolute atomic E-state index is 0.00924. The highest BCUT2D eigenvalue weighted by Crippen LogP contribution is 2.33. The summed E-state index contributed by atoms with van der Waals surface area (Å²) in [6.45, 7) is 2.38. The number of phenols is 1. The van der Waals surface area contributed by atoms with E-state index in [0.717, 1.165) is 5.56 Å². The molecule has 2 aromatic rings. The van der Waals surface area contributed by atoms with Gasteiger partial charge in [-0.05, 0) is 30.7 Å². The van der Waals surface area contributed by atoms with E-state index < -0.39 is 0 Å². The van der Waals surface area contributed by atoms with Gasteiger partial charge in [0.1, 0.15) is 5.82 Å². The van der Waals surface area contributed by atoms with Gasteiger partial charge >= 0.3 is 0 Å². The molecule has 0 amide bonds. The van der Waals surface area contributed by atoms with Crippen LogP contribution in [-0.2, 0) is 6.54 Å².